The lowest BCUT2D eigenvalue weighted by Crippen LogP contribution is -2.43. The minimum Gasteiger partial charge on any atom is -0.321 e. The summed E-state index contributed by atoms with van der Waals surface area (Å²) in [7, 11) is 0. The van der Waals surface area contributed by atoms with Crippen molar-refractivity contribution >= 4 is 0 Å². The third kappa shape index (κ3) is 5.31. The summed E-state index contributed by atoms with van der Waals surface area (Å²) < 4.78 is 52.2. The molecular formula is C6H11F4NO. The molecule has 0 aromatic heterocycles. The fourth-order valence-corrected chi connectivity index (χ4v) is 0.382. The molecule has 1 atom stereocenters. The van der Waals surface area contributed by atoms with Crippen LogP contribution < -0.4 is 5.73 Å². The zero-order chi connectivity index (χ0) is 9.99. The van der Waals surface area contributed by atoms with E-state index in [2.05, 4.69) is 4.74 Å². The molecule has 0 aromatic rings. The van der Waals surface area contributed by atoms with E-state index in [4.69, 9.17) is 5.73 Å². The van der Waals surface area contributed by atoms with Gasteiger partial charge in [-0.1, -0.05) is 0 Å². The van der Waals surface area contributed by atoms with Gasteiger partial charge in [-0.15, -0.1) is 0 Å². The van der Waals surface area contributed by atoms with Gasteiger partial charge in [-0.2, -0.15) is 8.78 Å². The molecule has 0 spiro atoms. The van der Waals surface area contributed by atoms with Gasteiger partial charge in [0, 0.05) is 13.8 Å². The SMILES string of the molecule is CC(F)(F)OC[C@H](N)C(C)(F)F. The molecule has 74 valence electrons. The molecule has 0 bridgehead atoms. The number of alkyl halides is 4. The monoisotopic (exact) mass is 189 g/mol. The van der Waals surface area contributed by atoms with Crippen LogP contribution in [0.1, 0.15) is 13.8 Å². The highest BCUT2D eigenvalue weighted by Crippen LogP contribution is 2.19. The van der Waals surface area contributed by atoms with Crippen LogP contribution in [0.25, 0.3) is 0 Å². The Morgan fingerprint density at radius 1 is 1.25 bits per heavy atom. The average Bonchev–Trinajstić information content (AvgIpc) is 1.78. The summed E-state index contributed by atoms with van der Waals surface area (Å²) in [5.74, 6) is -3.20. The van der Waals surface area contributed by atoms with Crippen molar-refractivity contribution in [1.29, 1.82) is 0 Å². The number of hydrogen-bond acceptors (Lipinski definition) is 2. The summed E-state index contributed by atoms with van der Waals surface area (Å²) in [4.78, 5) is 0. The number of rotatable bonds is 4. The normalized spacial score (nSPS) is 16.2. The van der Waals surface area contributed by atoms with E-state index in [-0.39, 0.29) is 0 Å². The molecule has 6 heteroatoms. The molecule has 0 radical (unpaired) electrons. The molecule has 0 rings (SSSR count). The van der Waals surface area contributed by atoms with Gasteiger partial charge >= 0.3 is 6.11 Å². The van der Waals surface area contributed by atoms with Crippen molar-refractivity contribution in [3.8, 4) is 0 Å². The van der Waals surface area contributed by atoms with Crippen molar-refractivity contribution in [3.05, 3.63) is 0 Å². The standard InChI is InChI=1S/C6H11F4NO/c1-5(7,8)4(11)3-12-6(2,9)10/h4H,3,11H2,1-2H3/t4-/m0/s1. The van der Waals surface area contributed by atoms with Crippen LogP contribution in [0.5, 0.6) is 0 Å². The van der Waals surface area contributed by atoms with Gasteiger partial charge in [0.25, 0.3) is 5.92 Å². The van der Waals surface area contributed by atoms with Gasteiger partial charge in [-0.05, 0) is 0 Å². The summed E-state index contributed by atoms with van der Waals surface area (Å²) in [6, 6.07) is -1.71. The van der Waals surface area contributed by atoms with Crippen molar-refractivity contribution in [2.75, 3.05) is 6.61 Å². The van der Waals surface area contributed by atoms with Crippen LogP contribution in [0.4, 0.5) is 17.6 Å². The Labute approximate surface area is 67.7 Å². The number of halogens is 4. The molecule has 0 unspecified atom stereocenters. The van der Waals surface area contributed by atoms with Crippen LogP contribution in [0.2, 0.25) is 0 Å². The highest BCUT2D eigenvalue weighted by atomic mass is 19.3. The van der Waals surface area contributed by atoms with Gasteiger partial charge in [0.05, 0.1) is 12.6 Å². The Bertz CT molecular complexity index is 139. The fraction of sp³-hybridized carbons (Fsp3) is 1.00. The van der Waals surface area contributed by atoms with Crippen LogP contribution in [-0.4, -0.2) is 24.7 Å². The zero-order valence-electron chi connectivity index (χ0n) is 6.78. The number of nitrogens with two attached hydrogens (primary N) is 1. The molecule has 0 amide bonds. The van der Waals surface area contributed by atoms with E-state index in [1.165, 1.54) is 0 Å². The summed E-state index contributed by atoms with van der Waals surface area (Å²) in [5, 5.41) is 0. The average molecular weight is 189 g/mol. The van der Waals surface area contributed by atoms with E-state index in [1.54, 1.807) is 0 Å². The lowest BCUT2D eigenvalue weighted by Gasteiger charge is -2.20. The molecule has 0 aromatic carbocycles. The molecule has 0 saturated carbocycles. The highest BCUT2D eigenvalue weighted by molar-refractivity contribution is 4.75. The molecular weight excluding hydrogens is 178 g/mol. The molecule has 2 nitrogen and oxygen atoms in total. The van der Waals surface area contributed by atoms with E-state index in [9.17, 15) is 17.6 Å². The second-order valence-electron chi connectivity index (χ2n) is 2.68. The summed E-state index contributed by atoms with van der Waals surface area (Å²) in [5.41, 5.74) is 4.85. The van der Waals surface area contributed by atoms with Crippen LogP contribution in [0.15, 0.2) is 0 Å². The second kappa shape index (κ2) is 3.57. The van der Waals surface area contributed by atoms with Crippen molar-refractivity contribution in [2.45, 2.75) is 31.9 Å². The minimum absolute atomic E-state index is 0.466. The molecule has 0 saturated heterocycles. The predicted octanol–water partition coefficient (Wildman–Crippen LogP) is 1.60. The molecule has 0 aliphatic heterocycles. The molecule has 0 aliphatic carbocycles. The maximum absolute atomic E-state index is 12.2. The van der Waals surface area contributed by atoms with E-state index in [1.807, 2.05) is 0 Å². The summed E-state index contributed by atoms with van der Waals surface area (Å²) in [6.45, 7) is 0.148. The fourth-order valence-electron chi connectivity index (χ4n) is 0.382. The van der Waals surface area contributed by atoms with E-state index in [0.29, 0.717) is 13.8 Å². The minimum atomic E-state index is -3.41. The zero-order valence-corrected chi connectivity index (χ0v) is 6.78. The molecule has 0 heterocycles. The van der Waals surface area contributed by atoms with Crippen molar-refractivity contribution in [1.82, 2.24) is 0 Å². The Hall–Kier alpha value is -0.360. The molecule has 0 fully saturated rings. The molecule has 2 N–H and O–H groups in total. The molecule has 12 heavy (non-hydrogen) atoms. The van der Waals surface area contributed by atoms with Gasteiger partial charge < -0.3 is 10.5 Å². The first kappa shape index (κ1) is 11.6. The van der Waals surface area contributed by atoms with E-state index < -0.39 is 24.7 Å². The van der Waals surface area contributed by atoms with Crippen molar-refractivity contribution in [3.63, 3.8) is 0 Å². The van der Waals surface area contributed by atoms with Gasteiger partial charge in [0.1, 0.15) is 0 Å². The van der Waals surface area contributed by atoms with Gasteiger partial charge in [-0.25, -0.2) is 8.78 Å². The smallest absolute Gasteiger partial charge is 0.321 e. The first-order chi connectivity index (χ1) is 5.13. The van der Waals surface area contributed by atoms with Crippen molar-refractivity contribution < 1.29 is 22.3 Å². The topological polar surface area (TPSA) is 35.2 Å². The lowest BCUT2D eigenvalue weighted by atomic mass is 10.2. The van der Waals surface area contributed by atoms with Gasteiger partial charge in [0.15, 0.2) is 0 Å². The Morgan fingerprint density at radius 3 is 1.92 bits per heavy atom. The van der Waals surface area contributed by atoms with E-state index >= 15 is 0 Å². The Kier molecular flexibility index (Phi) is 3.46. The third-order valence-corrected chi connectivity index (χ3v) is 1.17. The van der Waals surface area contributed by atoms with Crippen LogP contribution in [-0.2, 0) is 4.74 Å². The van der Waals surface area contributed by atoms with Gasteiger partial charge in [-0.3, -0.25) is 0 Å². The Balaban J connectivity index is 3.80. The van der Waals surface area contributed by atoms with Crippen LogP contribution in [0.3, 0.4) is 0 Å². The highest BCUT2D eigenvalue weighted by Gasteiger charge is 2.33. The predicted molar refractivity (Wildman–Crippen MR) is 35.2 cm³/mol. The quantitative estimate of drug-likeness (QED) is 0.681. The third-order valence-electron chi connectivity index (χ3n) is 1.17. The summed E-state index contributed by atoms with van der Waals surface area (Å²) >= 11 is 0. The first-order valence-electron chi connectivity index (χ1n) is 3.28. The number of ether oxygens (including phenoxy) is 1. The van der Waals surface area contributed by atoms with E-state index in [0.717, 1.165) is 0 Å². The van der Waals surface area contributed by atoms with Crippen LogP contribution in [0, 0.1) is 0 Å². The Morgan fingerprint density at radius 2 is 1.67 bits per heavy atom. The summed E-state index contributed by atoms with van der Waals surface area (Å²) in [6.07, 6.45) is -3.41. The lowest BCUT2D eigenvalue weighted by molar-refractivity contribution is -0.233. The van der Waals surface area contributed by atoms with Crippen molar-refractivity contribution in [2.24, 2.45) is 5.73 Å². The van der Waals surface area contributed by atoms with Gasteiger partial charge in [0.2, 0.25) is 0 Å². The molecule has 0 aliphatic rings. The maximum Gasteiger partial charge on any atom is 0.352 e. The van der Waals surface area contributed by atoms with Crippen LogP contribution >= 0.6 is 0 Å². The first-order valence-corrected chi connectivity index (χ1v) is 3.28. The maximum atomic E-state index is 12.2. The number of hydrogen-bond donors (Lipinski definition) is 1. The largest absolute Gasteiger partial charge is 0.352 e. The second-order valence-corrected chi connectivity index (χ2v) is 2.68.